The molecule has 152 valence electrons. The quantitative estimate of drug-likeness (QED) is 0.296. The van der Waals surface area contributed by atoms with Crippen LogP contribution in [0.15, 0.2) is 53.6 Å². The monoisotopic (exact) mass is 426 g/mol. The van der Waals surface area contributed by atoms with Crippen molar-refractivity contribution in [1.82, 2.24) is 15.6 Å². The number of phenolic OH excluding ortho intramolecular Hbond substituents is 1. The average molecular weight is 426 g/mol. The zero-order valence-corrected chi connectivity index (χ0v) is 16.0. The molecule has 1 aromatic heterocycles. The fourth-order valence-electron chi connectivity index (χ4n) is 2.23. The van der Waals surface area contributed by atoms with Gasteiger partial charge in [-0.3, -0.25) is 25.0 Å². The molecule has 0 saturated carbocycles. The van der Waals surface area contributed by atoms with E-state index < -0.39 is 16.7 Å². The number of non-ortho nitro benzene ring substituents is 1. The molecule has 3 N–H and O–H groups in total. The molecule has 0 unspecified atom stereocenters. The summed E-state index contributed by atoms with van der Waals surface area (Å²) in [6, 6.07) is 11.6. The summed E-state index contributed by atoms with van der Waals surface area (Å²) in [7, 11) is 0. The Kier molecular flexibility index (Phi) is 6.39. The van der Waals surface area contributed by atoms with E-state index in [9.17, 15) is 24.8 Å². The van der Waals surface area contributed by atoms with E-state index >= 15 is 0 Å². The molecule has 1 heterocycles. The Morgan fingerprint density at radius 2 is 1.90 bits per heavy atom. The third-order valence-corrected chi connectivity index (χ3v) is 4.51. The molecule has 0 saturated heterocycles. The molecule has 2 aromatic carbocycles. The molecule has 0 fully saturated rings. The van der Waals surface area contributed by atoms with E-state index in [-0.39, 0.29) is 28.6 Å². The predicted molar refractivity (Wildman–Crippen MR) is 109 cm³/mol. The smallest absolute Gasteiger partial charge is 0.269 e. The van der Waals surface area contributed by atoms with Crippen LogP contribution in [0.2, 0.25) is 0 Å². The van der Waals surface area contributed by atoms with Gasteiger partial charge in [-0.1, -0.05) is 23.5 Å². The lowest BCUT2D eigenvalue weighted by atomic mass is 10.2. The van der Waals surface area contributed by atoms with E-state index in [0.29, 0.717) is 10.6 Å². The first-order chi connectivity index (χ1) is 14.4. The standard InChI is InChI=1S/C18H14N6O5S/c25-14-4-2-1-3-12(14)10-19-21-15(26)9-16-22-23-18(30-16)20-17(27)11-5-7-13(8-6-11)24(28)29/h1-8,10,25H,9H2,(H,21,26)(H,20,23,27)/b19-10-. The molecule has 0 aliphatic carbocycles. The van der Waals surface area contributed by atoms with Gasteiger partial charge in [0.15, 0.2) is 0 Å². The molecular weight excluding hydrogens is 412 g/mol. The number of nitrogens with zero attached hydrogens (tertiary/aromatic N) is 4. The number of para-hydroxylation sites is 1. The summed E-state index contributed by atoms with van der Waals surface area (Å²) in [5, 5.41) is 34.7. The van der Waals surface area contributed by atoms with E-state index in [1.165, 1.54) is 36.5 Å². The number of benzene rings is 2. The minimum Gasteiger partial charge on any atom is -0.507 e. The second-order valence-corrected chi connectivity index (χ2v) is 6.85. The largest absolute Gasteiger partial charge is 0.507 e. The summed E-state index contributed by atoms with van der Waals surface area (Å²) in [6.45, 7) is 0. The van der Waals surface area contributed by atoms with Crippen molar-refractivity contribution >= 4 is 40.2 Å². The maximum atomic E-state index is 12.2. The minimum atomic E-state index is -0.559. The van der Waals surface area contributed by atoms with Crippen molar-refractivity contribution in [1.29, 1.82) is 0 Å². The second-order valence-electron chi connectivity index (χ2n) is 5.79. The SMILES string of the molecule is O=C(Cc1nnc(NC(=O)c2ccc([N+](=O)[O-])cc2)s1)N/N=C\c1ccccc1O. The second kappa shape index (κ2) is 9.34. The van der Waals surface area contributed by atoms with Crippen LogP contribution in [0, 0.1) is 10.1 Å². The topological polar surface area (TPSA) is 160 Å². The van der Waals surface area contributed by atoms with Crippen molar-refractivity contribution in [2.75, 3.05) is 5.32 Å². The Labute approximate surface area is 173 Å². The highest BCUT2D eigenvalue weighted by Crippen LogP contribution is 2.18. The van der Waals surface area contributed by atoms with Crippen LogP contribution in [0.1, 0.15) is 20.9 Å². The lowest BCUT2D eigenvalue weighted by molar-refractivity contribution is -0.384. The summed E-state index contributed by atoms with van der Waals surface area (Å²) in [5.41, 5.74) is 2.85. The van der Waals surface area contributed by atoms with Crippen LogP contribution < -0.4 is 10.7 Å². The van der Waals surface area contributed by atoms with Gasteiger partial charge in [-0.25, -0.2) is 5.43 Å². The van der Waals surface area contributed by atoms with Gasteiger partial charge >= 0.3 is 0 Å². The van der Waals surface area contributed by atoms with Crippen LogP contribution in [0.5, 0.6) is 5.75 Å². The van der Waals surface area contributed by atoms with Gasteiger partial charge in [-0.05, 0) is 24.3 Å². The van der Waals surface area contributed by atoms with Crippen molar-refractivity contribution in [3.63, 3.8) is 0 Å². The summed E-state index contributed by atoms with van der Waals surface area (Å²) in [6.07, 6.45) is 1.20. The van der Waals surface area contributed by atoms with Crippen LogP contribution in [-0.2, 0) is 11.2 Å². The number of anilines is 1. The van der Waals surface area contributed by atoms with Gasteiger partial charge in [0.25, 0.3) is 11.6 Å². The van der Waals surface area contributed by atoms with E-state index in [0.717, 1.165) is 11.3 Å². The Balaban J connectivity index is 1.53. The predicted octanol–water partition coefficient (Wildman–Crippen LogP) is 2.10. The van der Waals surface area contributed by atoms with Crippen molar-refractivity contribution < 1.29 is 19.6 Å². The molecule has 0 bridgehead atoms. The molecule has 2 amide bonds. The number of carbonyl (C=O) groups is 2. The Bertz CT molecular complexity index is 1110. The fourth-order valence-corrected chi connectivity index (χ4v) is 2.96. The van der Waals surface area contributed by atoms with E-state index in [1.807, 2.05) is 0 Å². The number of nitro groups is 1. The molecule has 3 rings (SSSR count). The van der Waals surface area contributed by atoms with Crippen LogP contribution in [0.25, 0.3) is 0 Å². The van der Waals surface area contributed by atoms with Crippen molar-refractivity contribution in [3.8, 4) is 5.75 Å². The Morgan fingerprint density at radius 1 is 1.17 bits per heavy atom. The van der Waals surface area contributed by atoms with E-state index in [4.69, 9.17) is 0 Å². The first-order valence-electron chi connectivity index (χ1n) is 8.40. The molecule has 3 aromatic rings. The molecule has 11 nitrogen and oxygen atoms in total. The normalized spacial score (nSPS) is 10.7. The summed E-state index contributed by atoms with van der Waals surface area (Å²) in [5.74, 6) is -0.927. The lowest BCUT2D eigenvalue weighted by Crippen LogP contribution is -2.19. The number of aromatic nitrogens is 2. The highest BCUT2D eigenvalue weighted by atomic mass is 32.1. The molecule has 12 heteroatoms. The van der Waals surface area contributed by atoms with Gasteiger partial charge in [0, 0.05) is 23.3 Å². The molecule has 0 aliphatic heterocycles. The number of carbonyl (C=O) groups excluding carboxylic acids is 2. The number of hydrogen-bond donors (Lipinski definition) is 3. The van der Waals surface area contributed by atoms with Gasteiger partial charge in [-0.15, -0.1) is 10.2 Å². The first kappa shape index (κ1) is 20.5. The average Bonchev–Trinajstić information content (AvgIpc) is 3.16. The van der Waals surface area contributed by atoms with Crippen molar-refractivity contribution in [3.05, 3.63) is 74.8 Å². The van der Waals surface area contributed by atoms with Gasteiger partial charge in [0.05, 0.1) is 17.6 Å². The van der Waals surface area contributed by atoms with E-state index in [2.05, 4.69) is 26.0 Å². The van der Waals surface area contributed by atoms with Gasteiger partial charge in [0.1, 0.15) is 10.8 Å². The number of aromatic hydroxyl groups is 1. The highest BCUT2D eigenvalue weighted by molar-refractivity contribution is 7.15. The van der Waals surface area contributed by atoms with Crippen molar-refractivity contribution in [2.24, 2.45) is 5.10 Å². The molecule has 0 spiro atoms. The Morgan fingerprint density at radius 3 is 2.60 bits per heavy atom. The number of hydrogen-bond acceptors (Lipinski definition) is 9. The maximum Gasteiger partial charge on any atom is 0.269 e. The van der Waals surface area contributed by atoms with Crippen LogP contribution in [0.3, 0.4) is 0 Å². The third kappa shape index (κ3) is 5.42. The maximum absolute atomic E-state index is 12.2. The summed E-state index contributed by atoms with van der Waals surface area (Å²) >= 11 is 1.01. The summed E-state index contributed by atoms with van der Waals surface area (Å²) < 4.78 is 0. The molecule has 30 heavy (non-hydrogen) atoms. The zero-order chi connectivity index (χ0) is 21.5. The van der Waals surface area contributed by atoms with Crippen LogP contribution >= 0.6 is 11.3 Å². The third-order valence-electron chi connectivity index (χ3n) is 3.67. The lowest BCUT2D eigenvalue weighted by Gasteiger charge is -2.00. The number of amides is 2. The van der Waals surface area contributed by atoms with Crippen LogP contribution in [0.4, 0.5) is 10.8 Å². The van der Waals surface area contributed by atoms with E-state index in [1.54, 1.807) is 18.2 Å². The number of nitro benzene ring substituents is 1. The van der Waals surface area contributed by atoms with Gasteiger partial charge in [-0.2, -0.15) is 5.10 Å². The van der Waals surface area contributed by atoms with Crippen molar-refractivity contribution in [2.45, 2.75) is 6.42 Å². The molecule has 0 radical (unpaired) electrons. The molecule has 0 atom stereocenters. The highest BCUT2D eigenvalue weighted by Gasteiger charge is 2.14. The minimum absolute atomic E-state index is 0.0352. The fraction of sp³-hybridized carbons (Fsp3) is 0.0556. The van der Waals surface area contributed by atoms with Gasteiger partial charge < -0.3 is 5.11 Å². The molecular formula is C18H14N6O5S. The number of phenols is 1. The number of hydrazone groups is 1. The summed E-state index contributed by atoms with van der Waals surface area (Å²) in [4.78, 5) is 34.2. The van der Waals surface area contributed by atoms with Crippen LogP contribution in [-0.4, -0.2) is 38.3 Å². The first-order valence-corrected chi connectivity index (χ1v) is 9.22. The molecule has 0 aliphatic rings. The zero-order valence-electron chi connectivity index (χ0n) is 15.2. The number of rotatable bonds is 7. The van der Waals surface area contributed by atoms with Gasteiger partial charge in [0.2, 0.25) is 11.0 Å². The number of nitrogens with one attached hydrogen (secondary N) is 2. The Hall–Kier alpha value is -4.19.